The van der Waals surface area contributed by atoms with Crippen molar-refractivity contribution in [3.8, 4) is 0 Å². The van der Waals surface area contributed by atoms with Gasteiger partial charge in [0.05, 0.1) is 5.02 Å². The summed E-state index contributed by atoms with van der Waals surface area (Å²) in [5.41, 5.74) is 7.14. The van der Waals surface area contributed by atoms with Crippen molar-refractivity contribution in [1.29, 1.82) is 0 Å². The molecule has 0 radical (unpaired) electrons. The van der Waals surface area contributed by atoms with Gasteiger partial charge in [-0.1, -0.05) is 41.9 Å². The van der Waals surface area contributed by atoms with E-state index in [2.05, 4.69) is 0 Å². The average Bonchev–Trinajstić information content (AvgIpc) is 2.82. The molecule has 1 unspecified atom stereocenters. The SMILES string of the molecule is NC(CCC(=O)Cc1sccc1Cl)c1ccccc1. The zero-order chi connectivity index (χ0) is 13.7. The fourth-order valence-corrected chi connectivity index (χ4v) is 3.03. The molecule has 2 nitrogen and oxygen atoms in total. The van der Waals surface area contributed by atoms with Gasteiger partial charge in [0.2, 0.25) is 0 Å². The number of halogens is 1. The van der Waals surface area contributed by atoms with E-state index < -0.39 is 0 Å². The summed E-state index contributed by atoms with van der Waals surface area (Å²) in [6, 6.07) is 11.6. The minimum atomic E-state index is -0.0797. The summed E-state index contributed by atoms with van der Waals surface area (Å²) in [5.74, 6) is 0.190. The smallest absolute Gasteiger partial charge is 0.138 e. The third kappa shape index (κ3) is 4.16. The fraction of sp³-hybridized carbons (Fsp3) is 0.267. The van der Waals surface area contributed by atoms with Crippen LogP contribution in [-0.4, -0.2) is 5.78 Å². The Kier molecular flexibility index (Phi) is 5.14. The van der Waals surface area contributed by atoms with Crippen LogP contribution < -0.4 is 5.73 Å². The number of rotatable bonds is 6. The molecule has 2 N–H and O–H groups in total. The van der Waals surface area contributed by atoms with E-state index in [0.717, 1.165) is 10.4 Å². The number of nitrogens with two attached hydrogens (primary N) is 1. The van der Waals surface area contributed by atoms with E-state index >= 15 is 0 Å². The molecule has 0 amide bonds. The molecule has 0 aliphatic rings. The predicted octanol–water partition coefficient (Wildman–Crippen LogP) is 3.99. The van der Waals surface area contributed by atoms with Crippen molar-refractivity contribution in [2.45, 2.75) is 25.3 Å². The second-order valence-corrected chi connectivity index (χ2v) is 5.87. The van der Waals surface area contributed by atoms with E-state index in [1.807, 2.05) is 41.8 Å². The lowest BCUT2D eigenvalue weighted by Gasteiger charge is -2.11. The average molecular weight is 294 g/mol. The van der Waals surface area contributed by atoms with Crippen LogP contribution in [0.1, 0.15) is 29.3 Å². The molecule has 0 spiro atoms. The third-order valence-electron chi connectivity index (χ3n) is 3.01. The molecule has 0 saturated heterocycles. The van der Waals surface area contributed by atoms with Gasteiger partial charge in [-0.2, -0.15) is 0 Å². The molecule has 0 bridgehead atoms. The van der Waals surface area contributed by atoms with Crippen molar-refractivity contribution in [3.63, 3.8) is 0 Å². The van der Waals surface area contributed by atoms with Crippen LogP contribution in [0.5, 0.6) is 0 Å². The van der Waals surface area contributed by atoms with Gasteiger partial charge in [0.1, 0.15) is 5.78 Å². The molecule has 1 aromatic carbocycles. The van der Waals surface area contributed by atoms with E-state index in [1.54, 1.807) is 0 Å². The lowest BCUT2D eigenvalue weighted by molar-refractivity contribution is -0.118. The molecule has 100 valence electrons. The highest BCUT2D eigenvalue weighted by molar-refractivity contribution is 7.10. The molecule has 2 rings (SSSR count). The van der Waals surface area contributed by atoms with Crippen LogP contribution >= 0.6 is 22.9 Å². The molecule has 0 aliphatic carbocycles. The maximum atomic E-state index is 11.9. The Balaban J connectivity index is 1.82. The number of Topliss-reactive ketones (excluding diaryl/α,β-unsaturated/α-hetero) is 1. The van der Waals surface area contributed by atoms with E-state index in [-0.39, 0.29) is 11.8 Å². The van der Waals surface area contributed by atoms with Crippen LogP contribution in [0.2, 0.25) is 5.02 Å². The van der Waals surface area contributed by atoms with Crippen LogP contribution in [0, 0.1) is 0 Å². The lowest BCUT2D eigenvalue weighted by atomic mass is 10.0. The van der Waals surface area contributed by atoms with E-state index in [1.165, 1.54) is 11.3 Å². The Hall–Kier alpha value is -1.16. The first-order valence-corrected chi connectivity index (χ1v) is 7.46. The zero-order valence-corrected chi connectivity index (χ0v) is 12.1. The minimum Gasteiger partial charge on any atom is -0.324 e. The summed E-state index contributed by atoms with van der Waals surface area (Å²) >= 11 is 7.50. The molecular weight excluding hydrogens is 278 g/mol. The molecule has 0 fully saturated rings. The molecular formula is C15H16ClNOS. The molecule has 1 aromatic heterocycles. The first kappa shape index (κ1) is 14.3. The lowest BCUT2D eigenvalue weighted by Crippen LogP contribution is -2.13. The first-order valence-electron chi connectivity index (χ1n) is 6.21. The van der Waals surface area contributed by atoms with Crippen LogP contribution in [-0.2, 0) is 11.2 Å². The van der Waals surface area contributed by atoms with E-state index in [9.17, 15) is 4.79 Å². The molecule has 1 atom stereocenters. The zero-order valence-electron chi connectivity index (χ0n) is 10.5. The number of carbonyl (C=O) groups is 1. The van der Waals surface area contributed by atoms with Crippen molar-refractivity contribution in [1.82, 2.24) is 0 Å². The van der Waals surface area contributed by atoms with Crippen molar-refractivity contribution in [2.75, 3.05) is 0 Å². The van der Waals surface area contributed by atoms with Gasteiger partial charge < -0.3 is 5.73 Å². The maximum Gasteiger partial charge on any atom is 0.138 e. The van der Waals surface area contributed by atoms with Crippen LogP contribution in [0.15, 0.2) is 41.8 Å². The molecule has 19 heavy (non-hydrogen) atoms. The van der Waals surface area contributed by atoms with Crippen molar-refractivity contribution < 1.29 is 4.79 Å². The standard InChI is InChI=1S/C15H16ClNOS/c16-13-8-9-19-15(13)10-12(18)6-7-14(17)11-4-2-1-3-5-11/h1-5,8-9,14H,6-7,10,17H2. The van der Waals surface area contributed by atoms with Gasteiger partial charge in [0, 0.05) is 23.8 Å². The quantitative estimate of drug-likeness (QED) is 0.875. The third-order valence-corrected chi connectivity index (χ3v) is 4.40. The predicted molar refractivity (Wildman–Crippen MR) is 80.6 cm³/mol. The van der Waals surface area contributed by atoms with Crippen molar-refractivity contribution >= 4 is 28.7 Å². The van der Waals surface area contributed by atoms with Gasteiger partial charge in [-0.3, -0.25) is 4.79 Å². The summed E-state index contributed by atoms with van der Waals surface area (Å²) < 4.78 is 0. The Morgan fingerprint density at radius 3 is 2.63 bits per heavy atom. The maximum absolute atomic E-state index is 11.9. The Bertz CT molecular complexity index is 538. The highest BCUT2D eigenvalue weighted by atomic mass is 35.5. The van der Waals surface area contributed by atoms with Crippen LogP contribution in [0.4, 0.5) is 0 Å². The van der Waals surface area contributed by atoms with Crippen LogP contribution in [0.25, 0.3) is 0 Å². The Morgan fingerprint density at radius 2 is 2.00 bits per heavy atom. The number of hydrogen-bond donors (Lipinski definition) is 1. The number of hydrogen-bond acceptors (Lipinski definition) is 3. The molecule has 0 saturated carbocycles. The monoisotopic (exact) mass is 293 g/mol. The van der Waals surface area contributed by atoms with E-state index in [0.29, 0.717) is 24.3 Å². The Labute approximate surface area is 122 Å². The Morgan fingerprint density at radius 1 is 1.26 bits per heavy atom. The van der Waals surface area contributed by atoms with Crippen molar-refractivity contribution in [3.05, 3.63) is 57.2 Å². The minimum absolute atomic E-state index is 0.0797. The largest absolute Gasteiger partial charge is 0.324 e. The number of ketones is 1. The number of benzene rings is 1. The topological polar surface area (TPSA) is 43.1 Å². The highest BCUT2D eigenvalue weighted by Crippen LogP contribution is 2.23. The first-order chi connectivity index (χ1) is 9.16. The molecule has 0 aliphatic heterocycles. The number of thiophene rings is 1. The van der Waals surface area contributed by atoms with Gasteiger partial charge in [0.15, 0.2) is 0 Å². The van der Waals surface area contributed by atoms with E-state index in [4.69, 9.17) is 17.3 Å². The summed E-state index contributed by atoms with van der Waals surface area (Å²) in [7, 11) is 0. The van der Waals surface area contributed by atoms with Gasteiger partial charge >= 0.3 is 0 Å². The molecule has 4 heteroatoms. The fourth-order valence-electron chi connectivity index (χ4n) is 1.90. The summed E-state index contributed by atoms with van der Waals surface area (Å²) in [5, 5.41) is 2.59. The number of carbonyl (C=O) groups excluding carboxylic acids is 1. The summed E-state index contributed by atoms with van der Waals surface area (Å²) in [6.45, 7) is 0. The van der Waals surface area contributed by atoms with Gasteiger partial charge in [-0.05, 0) is 23.4 Å². The summed E-state index contributed by atoms with van der Waals surface area (Å²) in [6.07, 6.45) is 1.58. The van der Waals surface area contributed by atoms with Crippen molar-refractivity contribution in [2.24, 2.45) is 5.73 Å². The molecule has 1 heterocycles. The van der Waals surface area contributed by atoms with Crippen LogP contribution in [0.3, 0.4) is 0 Å². The second-order valence-electron chi connectivity index (χ2n) is 4.46. The summed E-state index contributed by atoms with van der Waals surface area (Å²) in [4.78, 5) is 12.8. The molecule has 2 aromatic rings. The normalized spacial score (nSPS) is 12.3. The van der Waals surface area contributed by atoms with Gasteiger partial charge in [-0.15, -0.1) is 11.3 Å². The highest BCUT2D eigenvalue weighted by Gasteiger charge is 2.11. The van der Waals surface area contributed by atoms with Gasteiger partial charge in [-0.25, -0.2) is 0 Å². The van der Waals surface area contributed by atoms with Gasteiger partial charge in [0.25, 0.3) is 0 Å². The second kappa shape index (κ2) is 6.85.